The molecule has 1 fully saturated rings. The normalized spacial score (nSPS) is 14.0. The molecule has 0 unspecified atom stereocenters. The van der Waals surface area contributed by atoms with E-state index in [1.807, 2.05) is 24.3 Å². The van der Waals surface area contributed by atoms with Crippen molar-refractivity contribution in [3.05, 3.63) is 53.3 Å². The molecule has 2 aromatic rings. The second kappa shape index (κ2) is 8.73. The van der Waals surface area contributed by atoms with Crippen LogP contribution in [0.2, 0.25) is 5.02 Å². The number of halogens is 1. The molecule has 1 saturated heterocycles. The number of benzene rings is 1. The van der Waals surface area contributed by atoms with Crippen molar-refractivity contribution < 1.29 is 14.3 Å². The van der Waals surface area contributed by atoms with Gasteiger partial charge in [0, 0.05) is 49.2 Å². The molecule has 0 saturated carbocycles. The van der Waals surface area contributed by atoms with Gasteiger partial charge in [0.15, 0.2) is 0 Å². The van der Waals surface area contributed by atoms with Crippen LogP contribution in [0.4, 0.5) is 5.69 Å². The summed E-state index contributed by atoms with van der Waals surface area (Å²) in [5, 5.41) is 3.03. The van der Waals surface area contributed by atoms with E-state index in [1.165, 1.54) is 12.3 Å². The lowest BCUT2D eigenvalue weighted by molar-refractivity contribution is -0.130. The summed E-state index contributed by atoms with van der Waals surface area (Å²) in [7, 11) is 1.64. The fraction of sp³-hybridized carbons (Fsp3) is 0.316. The Kier molecular flexibility index (Phi) is 6.13. The maximum atomic E-state index is 12.4. The van der Waals surface area contributed by atoms with E-state index in [-0.39, 0.29) is 18.1 Å². The summed E-state index contributed by atoms with van der Waals surface area (Å²) in [6.07, 6.45) is 1.46. The number of carbonyl (C=O) groups is 2. The van der Waals surface area contributed by atoms with Crippen molar-refractivity contribution >= 4 is 29.1 Å². The van der Waals surface area contributed by atoms with Crippen molar-refractivity contribution in [2.24, 2.45) is 0 Å². The molecule has 2 amide bonds. The van der Waals surface area contributed by atoms with Crippen LogP contribution < -0.4 is 15.0 Å². The number of aromatic nitrogens is 1. The van der Waals surface area contributed by atoms with Gasteiger partial charge in [-0.05, 0) is 24.3 Å². The highest BCUT2D eigenvalue weighted by Gasteiger charge is 2.22. The first-order chi connectivity index (χ1) is 13.1. The van der Waals surface area contributed by atoms with Gasteiger partial charge in [-0.2, -0.15) is 0 Å². The highest BCUT2D eigenvalue weighted by molar-refractivity contribution is 6.30. The number of methoxy groups -OCH3 is 1. The minimum atomic E-state index is -0.416. The quantitative estimate of drug-likeness (QED) is 0.845. The van der Waals surface area contributed by atoms with Crippen LogP contribution in [0.5, 0.6) is 5.75 Å². The molecule has 0 aliphatic carbocycles. The van der Waals surface area contributed by atoms with Gasteiger partial charge in [-0.1, -0.05) is 17.7 Å². The topological polar surface area (TPSA) is 74.8 Å². The summed E-state index contributed by atoms with van der Waals surface area (Å²) < 4.78 is 5.26. The Morgan fingerprint density at radius 2 is 1.96 bits per heavy atom. The molecule has 1 aromatic heterocycles. The smallest absolute Gasteiger partial charge is 0.270 e. The largest absolute Gasteiger partial charge is 0.497 e. The highest BCUT2D eigenvalue weighted by Crippen LogP contribution is 2.22. The lowest BCUT2D eigenvalue weighted by Gasteiger charge is -2.36. The molecule has 1 aliphatic rings. The standard InChI is InChI=1S/C19H21ClN4O3/c1-27-16-4-2-3-15(12-16)23-7-9-24(10-8-23)18(25)13-22-19(26)17-11-14(20)5-6-21-17/h2-6,11-12H,7-10,13H2,1H3,(H,22,26). The molecule has 0 atom stereocenters. The molecule has 1 aliphatic heterocycles. The number of ether oxygens (including phenoxy) is 1. The third kappa shape index (κ3) is 4.89. The van der Waals surface area contributed by atoms with Gasteiger partial charge in [0.1, 0.15) is 11.4 Å². The van der Waals surface area contributed by atoms with Crippen LogP contribution in [0.3, 0.4) is 0 Å². The van der Waals surface area contributed by atoms with Crippen molar-refractivity contribution in [1.82, 2.24) is 15.2 Å². The van der Waals surface area contributed by atoms with Crippen LogP contribution in [-0.4, -0.2) is 61.5 Å². The van der Waals surface area contributed by atoms with Crippen LogP contribution in [0, 0.1) is 0 Å². The molecule has 8 heteroatoms. The molecule has 1 aromatic carbocycles. The zero-order valence-electron chi connectivity index (χ0n) is 15.0. The van der Waals surface area contributed by atoms with E-state index in [9.17, 15) is 9.59 Å². The molecular weight excluding hydrogens is 368 g/mol. The second-order valence-electron chi connectivity index (χ2n) is 6.11. The van der Waals surface area contributed by atoms with Crippen molar-refractivity contribution in [2.75, 3.05) is 44.7 Å². The monoisotopic (exact) mass is 388 g/mol. The van der Waals surface area contributed by atoms with E-state index in [2.05, 4.69) is 15.2 Å². The molecule has 142 valence electrons. The van der Waals surface area contributed by atoms with Gasteiger partial charge < -0.3 is 19.9 Å². The molecular formula is C19H21ClN4O3. The van der Waals surface area contributed by atoms with E-state index < -0.39 is 5.91 Å². The average molecular weight is 389 g/mol. The summed E-state index contributed by atoms with van der Waals surface area (Å²) in [6, 6.07) is 10.9. The Hall–Kier alpha value is -2.80. The number of hydrogen-bond acceptors (Lipinski definition) is 5. The van der Waals surface area contributed by atoms with Gasteiger partial charge in [-0.25, -0.2) is 0 Å². The van der Waals surface area contributed by atoms with E-state index in [1.54, 1.807) is 18.1 Å². The number of rotatable bonds is 5. The first kappa shape index (κ1) is 19.0. The lowest BCUT2D eigenvalue weighted by atomic mass is 10.2. The van der Waals surface area contributed by atoms with Gasteiger partial charge >= 0.3 is 0 Å². The fourth-order valence-corrected chi connectivity index (χ4v) is 3.07. The number of hydrogen-bond donors (Lipinski definition) is 1. The van der Waals surface area contributed by atoms with Crippen LogP contribution in [0.25, 0.3) is 0 Å². The van der Waals surface area contributed by atoms with E-state index in [0.717, 1.165) is 24.5 Å². The van der Waals surface area contributed by atoms with E-state index >= 15 is 0 Å². The Morgan fingerprint density at radius 1 is 1.19 bits per heavy atom. The van der Waals surface area contributed by atoms with Crippen molar-refractivity contribution in [3.63, 3.8) is 0 Å². The number of nitrogens with one attached hydrogen (secondary N) is 1. The van der Waals surface area contributed by atoms with Gasteiger partial charge in [0.2, 0.25) is 5.91 Å². The molecule has 2 heterocycles. The first-order valence-electron chi connectivity index (χ1n) is 8.63. The SMILES string of the molecule is COc1cccc(N2CCN(C(=O)CNC(=O)c3cc(Cl)ccn3)CC2)c1. The zero-order chi connectivity index (χ0) is 19.2. The predicted molar refractivity (Wildman–Crippen MR) is 103 cm³/mol. The van der Waals surface area contributed by atoms with E-state index in [0.29, 0.717) is 18.1 Å². The highest BCUT2D eigenvalue weighted by atomic mass is 35.5. The van der Waals surface area contributed by atoms with Crippen LogP contribution in [0.15, 0.2) is 42.6 Å². The Bertz CT molecular complexity index is 822. The molecule has 1 N–H and O–H groups in total. The molecule has 27 heavy (non-hydrogen) atoms. The number of piperazine rings is 1. The Balaban J connectivity index is 1.49. The summed E-state index contributed by atoms with van der Waals surface area (Å²) >= 11 is 5.85. The van der Waals surface area contributed by atoms with Gasteiger partial charge in [-0.15, -0.1) is 0 Å². The minimum absolute atomic E-state index is 0.0633. The molecule has 3 rings (SSSR count). The van der Waals surface area contributed by atoms with Gasteiger partial charge in [-0.3, -0.25) is 14.6 Å². The summed E-state index contributed by atoms with van der Waals surface area (Å²) in [6.45, 7) is 2.58. The Labute approximate surface area is 162 Å². The van der Waals surface area contributed by atoms with Gasteiger partial charge in [0.25, 0.3) is 5.91 Å². The van der Waals surface area contributed by atoms with Crippen molar-refractivity contribution in [3.8, 4) is 5.75 Å². The predicted octanol–water partition coefficient (Wildman–Crippen LogP) is 1.82. The summed E-state index contributed by atoms with van der Waals surface area (Å²) in [5.74, 6) is 0.278. The maximum Gasteiger partial charge on any atom is 0.270 e. The molecule has 0 bridgehead atoms. The van der Waals surface area contributed by atoms with Crippen LogP contribution in [-0.2, 0) is 4.79 Å². The summed E-state index contributed by atoms with van der Waals surface area (Å²) in [4.78, 5) is 32.3. The minimum Gasteiger partial charge on any atom is -0.497 e. The number of pyridine rings is 1. The number of nitrogens with zero attached hydrogens (tertiary/aromatic N) is 3. The number of carbonyl (C=O) groups excluding carboxylic acids is 2. The first-order valence-corrected chi connectivity index (χ1v) is 9.01. The zero-order valence-corrected chi connectivity index (χ0v) is 15.8. The molecule has 7 nitrogen and oxygen atoms in total. The number of amides is 2. The Morgan fingerprint density at radius 3 is 2.67 bits per heavy atom. The molecule has 0 spiro atoms. The van der Waals surface area contributed by atoms with Crippen LogP contribution in [0.1, 0.15) is 10.5 Å². The second-order valence-corrected chi connectivity index (χ2v) is 6.55. The van der Waals surface area contributed by atoms with E-state index in [4.69, 9.17) is 16.3 Å². The third-order valence-electron chi connectivity index (χ3n) is 4.41. The third-order valence-corrected chi connectivity index (χ3v) is 4.64. The van der Waals surface area contributed by atoms with Crippen LogP contribution >= 0.6 is 11.6 Å². The fourth-order valence-electron chi connectivity index (χ4n) is 2.91. The summed E-state index contributed by atoms with van der Waals surface area (Å²) in [5.41, 5.74) is 1.26. The molecule has 0 radical (unpaired) electrons. The number of anilines is 1. The van der Waals surface area contributed by atoms with Crippen molar-refractivity contribution in [2.45, 2.75) is 0 Å². The average Bonchev–Trinajstić information content (AvgIpc) is 2.72. The van der Waals surface area contributed by atoms with Gasteiger partial charge in [0.05, 0.1) is 13.7 Å². The maximum absolute atomic E-state index is 12.4. The lowest BCUT2D eigenvalue weighted by Crippen LogP contribution is -2.51. The van der Waals surface area contributed by atoms with Crippen molar-refractivity contribution in [1.29, 1.82) is 0 Å².